The van der Waals surface area contributed by atoms with Crippen LogP contribution < -0.4 is 9.80 Å². The fraction of sp³-hybridized carbons (Fsp3) is 0. The molecular weight excluding hydrogens is 1450 g/mol. The van der Waals surface area contributed by atoms with Crippen LogP contribution in [-0.2, 0) is 0 Å². The first-order chi connectivity index (χ1) is 59.4. The molecule has 2 aromatic heterocycles. The summed E-state index contributed by atoms with van der Waals surface area (Å²) in [5.74, 6) is 0. The van der Waals surface area contributed by atoms with Crippen LogP contribution in [0.25, 0.3) is 177 Å². The third-order valence-electron chi connectivity index (χ3n) is 23.4. The lowest BCUT2D eigenvalue weighted by atomic mass is 9.98. The highest BCUT2D eigenvalue weighted by atomic mass is 16.3. The Morgan fingerprint density at radius 2 is 0.317 bits per heavy atom. The van der Waals surface area contributed by atoms with E-state index in [1.807, 2.05) is 0 Å². The lowest BCUT2D eigenvalue weighted by Gasteiger charge is -2.26. The molecule has 0 fully saturated rings. The highest BCUT2D eigenvalue weighted by molar-refractivity contribution is 6.17. The topological polar surface area (TPSA) is 32.8 Å². The number of nitrogens with zero attached hydrogens (tertiary/aromatic N) is 2. The Morgan fingerprint density at radius 3 is 0.592 bits per heavy atom. The van der Waals surface area contributed by atoms with Gasteiger partial charge in [-0.25, -0.2) is 0 Å². The van der Waals surface area contributed by atoms with Crippen LogP contribution in [0.3, 0.4) is 0 Å². The number of hydrogen-bond acceptors (Lipinski definition) is 4. The molecule has 0 aliphatic heterocycles. The van der Waals surface area contributed by atoms with E-state index in [-0.39, 0.29) is 0 Å². The Bertz CT molecular complexity index is 7160. The molecule has 0 unspecified atom stereocenters. The quantitative estimate of drug-likeness (QED) is 0.0965. The summed E-state index contributed by atoms with van der Waals surface area (Å²) >= 11 is 0. The van der Waals surface area contributed by atoms with E-state index in [4.69, 9.17) is 8.83 Å². The second-order valence-electron chi connectivity index (χ2n) is 30.7. The van der Waals surface area contributed by atoms with Gasteiger partial charge in [0.1, 0.15) is 22.3 Å². The molecule has 0 saturated carbocycles. The highest BCUT2D eigenvalue weighted by Gasteiger charge is 2.20. The van der Waals surface area contributed by atoms with Crippen molar-refractivity contribution in [3.8, 4) is 111 Å². The van der Waals surface area contributed by atoms with Crippen LogP contribution in [0.15, 0.2) is 482 Å². The van der Waals surface area contributed by atoms with Crippen molar-refractivity contribution in [3.05, 3.63) is 473 Å². The fourth-order valence-electron chi connectivity index (χ4n) is 17.1. The summed E-state index contributed by atoms with van der Waals surface area (Å²) in [5.41, 5.74) is 33.9. The molecule has 0 atom stereocenters. The van der Waals surface area contributed by atoms with Crippen LogP contribution in [0.1, 0.15) is 0 Å². The molecular formula is C116H78N2O2. The minimum atomic E-state index is 0.897. The van der Waals surface area contributed by atoms with Crippen molar-refractivity contribution >= 4 is 99.5 Å². The molecule has 20 aromatic carbocycles. The average Bonchev–Trinajstić information content (AvgIpc) is 1.63. The molecule has 0 radical (unpaired) electrons. The van der Waals surface area contributed by atoms with Crippen molar-refractivity contribution in [1.82, 2.24) is 0 Å². The zero-order valence-corrected chi connectivity index (χ0v) is 65.7. The van der Waals surface area contributed by atoms with E-state index in [1.54, 1.807) is 0 Å². The molecule has 22 rings (SSSR count). The van der Waals surface area contributed by atoms with Crippen molar-refractivity contribution in [2.24, 2.45) is 0 Å². The van der Waals surface area contributed by atoms with E-state index in [9.17, 15) is 0 Å². The van der Waals surface area contributed by atoms with Gasteiger partial charge in [0, 0.05) is 66.4 Å². The van der Waals surface area contributed by atoms with Crippen LogP contribution in [-0.4, -0.2) is 0 Å². The van der Waals surface area contributed by atoms with Crippen LogP contribution >= 0.6 is 0 Å². The van der Waals surface area contributed by atoms with Gasteiger partial charge in [0.05, 0.1) is 0 Å². The molecule has 0 aliphatic carbocycles. The Kier molecular flexibility index (Phi) is 19.0. The molecule has 0 saturated heterocycles. The van der Waals surface area contributed by atoms with Crippen molar-refractivity contribution in [1.29, 1.82) is 0 Å². The molecule has 2 heterocycles. The van der Waals surface area contributed by atoms with Gasteiger partial charge in [-0.05, 0) is 243 Å². The summed E-state index contributed by atoms with van der Waals surface area (Å²) in [6.07, 6.45) is 0. The molecule has 4 heteroatoms. The molecule has 0 N–H and O–H groups in total. The SMILES string of the molecule is c1ccc(-c2ccc(-c3ccc(N(c4ccc(-c5ccc(-c6ccccc6)cc5)cc4)c4ccc(-c5ccc6c(c5)oc5c7ccccc7ccc65)cc4)cc3)cc2)cc1.c1ccc(-c2cccc(-c3ccc(N(c4ccc(-c5cccc(-c6ccccc6)c5)cc4)c4ccc(-c5ccc6c(c5)oc5c7ccccc7ccc65)cc4)cc3)c2)cc1. The zero-order valence-electron chi connectivity index (χ0n) is 65.7. The average molecular weight is 1530 g/mol. The second kappa shape index (κ2) is 31.7. The maximum absolute atomic E-state index is 6.54. The maximum Gasteiger partial charge on any atom is 0.143 e. The zero-order chi connectivity index (χ0) is 79.7. The van der Waals surface area contributed by atoms with Crippen molar-refractivity contribution < 1.29 is 8.83 Å². The van der Waals surface area contributed by atoms with Gasteiger partial charge in [-0.15, -0.1) is 0 Å². The molecule has 0 aliphatic rings. The van der Waals surface area contributed by atoms with Crippen LogP contribution in [0, 0.1) is 0 Å². The van der Waals surface area contributed by atoms with E-state index >= 15 is 0 Å². The smallest absolute Gasteiger partial charge is 0.143 e. The number of hydrogen-bond donors (Lipinski definition) is 0. The highest BCUT2D eigenvalue weighted by Crippen LogP contribution is 2.44. The minimum absolute atomic E-state index is 0.897. The van der Waals surface area contributed by atoms with Crippen LogP contribution in [0.4, 0.5) is 34.1 Å². The Morgan fingerprint density at radius 1 is 0.125 bits per heavy atom. The van der Waals surface area contributed by atoms with Crippen molar-refractivity contribution in [2.45, 2.75) is 0 Å². The fourth-order valence-corrected chi connectivity index (χ4v) is 17.1. The van der Waals surface area contributed by atoms with Gasteiger partial charge in [0.25, 0.3) is 0 Å². The summed E-state index contributed by atoms with van der Waals surface area (Å²) < 4.78 is 13.1. The summed E-state index contributed by atoms with van der Waals surface area (Å²) in [5, 5.41) is 9.20. The lowest BCUT2D eigenvalue weighted by Crippen LogP contribution is -2.09. The molecule has 22 aromatic rings. The third-order valence-corrected chi connectivity index (χ3v) is 23.4. The van der Waals surface area contributed by atoms with Crippen molar-refractivity contribution in [2.75, 3.05) is 9.80 Å². The number of rotatable bonds is 16. The van der Waals surface area contributed by atoms with E-state index in [2.05, 4.69) is 483 Å². The van der Waals surface area contributed by atoms with Gasteiger partial charge in [-0.2, -0.15) is 0 Å². The largest absolute Gasteiger partial charge is 0.455 e. The number of benzene rings is 20. The molecule has 564 valence electrons. The monoisotopic (exact) mass is 1530 g/mol. The van der Waals surface area contributed by atoms with Gasteiger partial charge in [0.2, 0.25) is 0 Å². The molecule has 0 spiro atoms. The normalized spacial score (nSPS) is 11.3. The van der Waals surface area contributed by atoms with Crippen molar-refractivity contribution in [3.63, 3.8) is 0 Å². The third kappa shape index (κ3) is 14.3. The maximum atomic E-state index is 6.54. The van der Waals surface area contributed by atoms with Crippen LogP contribution in [0.2, 0.25) is 0 Å². The Labute approximate surface area is 697 Å². The lowest BCUT2D eigenvalue weighted by molar-refractivity contribution is 0.672. The Balaban J connectivity index is 0.000000148. The van der Waals surface area contributed by atoms with Gasteiger partial charge < -0.3 is 18.6 Å². The number of furan rings is 2. The number of anilines is 6. The summed E-state index contributed by atoms with van der Waals surface area (Å²) in [6, 6.07) is 170. The summed E-state index contributed by atoms with van der Waals surface area (Å²) in [6.45, 7) is 0. The molecule has 0 amide bonds. The molecule has 4 nitrogen and oxygen atoms in total. The van der Waals surface area contributed by atoms with E-state index < -0.39 is 0 Å². The molecule has 120 heavy (non-hydrogen) atoms. The number of fused-ring (bicyclic) bond motifs is 10. The summed E-state index contributed by atoms with van der Waals surface area (Å²) in [4.78, 5) is 4.67. The van der Waals surface area contributed by atoms with E-state index in [1.165, 1.54) is 99.8 Å². The van der Waals surface area contributed by atoms with Gasteiger partial charge >= 0.3 is 0 Å². The first-order valence-electron chi connectivity index (χ1n) is 41.0. The van der Waals surface area contributed by atoms with Crippen LogP contribution in [0.5, 0.6) is 0 Å². The first kappa shape index (κ1) is 71.9. The van der Waals surface area contributed by atoms with Gasteiger partial charge in [0.15, 0.2) is 0 Å². The van der Waals surface area contributed by atoms with Gasteiger partial charge in [-0.1, -0.05) is 352 Å². The van der Waals surface area contributed by atoms with Gasteiger partial charge in [-0.3, -0.25) is 0 Å². The predicted molar refractivity (Wildman–Crippen MR) is 506 cm³/mol. The van der Waals surface area contributed by atoms with E-state index in [0.717, 1.165) is 111 Å². The van der Waals surface area contributed by atoms with E-state index in [0.29, 0.717) is 0 Å². The first-order valence-corrected chi connectivity index (χ1v) is 41.0. The summed E-state index contributed by atoms with van der Waals surface area (Å²) in [7, 11) is 0. The molecule has 0 bridgehead atoms. The minimum Gasteiger partial charge on any atom is -0.455 e. The standard InChI is InChI=1S/2C58H39NO/c1-3-11-40(12-4-1)46-16-9-18-48(37-46)42-21-29-51(30-22-42)59(52-31-23-43(24-32-52)49-19-10-17-47(38-49)41-13-5-2-6-14-41)53-33-25-44(26-34-53)50-28-35-55-56-36-27-45-15-7-8-20-54(45)58(56)60-57(55)39-50;1-3-9-40(10-4-1)42-15-19-44(20-16-42)46-23-31-51(32-24-46)59(52-33-25-47(26-34-52)45-21-17-43(18-22-45)41-11-5-2-6-12-41)53-35-27-48(28-36-53)50-30-37-55-56-38-29-49-13-7-8-14-54(49)58(56)60-57(55)39-50/h2*1-39H. The Hall–Kier alpha value is -15.9. The predicted octanol–water partition coefficient (Wildman–Crippen LogP) is 33.1. The second-order valence-corrected chi connectivity index (χ2v) is 30.7.